The van der Waals surface area contributed by atoms with Crippen molar-refractivity contribution < 1.29 is 19.4 Å². The molecule has 0 aromatic heterocycles. The number of amides is 1. The molecule has 1 aliphatic rings. The van der Waals surface area contributed by atoms with Gasteiger partial charge in [-0.25, -0.2) is 4.79 Å². The number of anilines is 1. The summed E-state index contributed by atoms with van der Waals surface area (Å²) in [4.78, 5) is 28.2. The summed E-state index contributed by atoms with van der Waals surface area (Å²) in [5.74, 6) is -1.06. The number of carbonyl (C=O) groups excluding carboxylic acids is 2. The van der Waals surface area contributed by atoms with Crippen LogP contribution < -0.4 is 4.90 Å². The fraction of sp³-hybridized carbons (Fsp3) is 0.300. The molecule has 26 heavy (non-hydrogen) atoms. The Balaban J connectivity index is 1.49. The summed E-state index contributed by atoms with van der Waals surface area (Å²) < 4.78 is 5.07. The molecule has 0 radical (unpaired) electrons. The molecule has 0 unspecified atom stereocenters. The fourth-order valence-corrected chi connectivity index (χ4v) is 2.96. The first-order valence-electron chi connectivity index (χ1n) is 8.59. The minimum Gasteiger partial charge on any atom is -0.507 e. The van der Waals surface area contributed by atoms with Crippen molar-refractivity contribution in [2.24, 2.45) is 0 Å². The molecule has 1 fully saturated rings. The zero-order chi connectivity index (χ0) is 18.5. The Morgan fingerprint density at radius 3 is 2.38 bits per heavy atom. The highest BCUT2D eigenvalue weighted by Gasteiger charge is 2.23. The number of rotatable bonds is 4. The number of esters is 1. The van der Waals surface area contributed by atoms with Gasteiger partial charge in [-0.05, 0) is 36.8 Å². The second kappa shape index (κ2) is 7.91. The van der Waals surface area contributed by atoms with Crippen LogP contribution in [-0.4, -0.2) is 54.7 Å². The van der Waals surface area contributed by atoms with Crippen molar-refractivity contribution in [2.45, 2.75) is 6.92 Å². The van der Waals surface area contributed by atoms with Gasteiger partial charge >= 0.3 is 5.97 Å². The van der Waals surface area contributed by atoms with E-state index in [2.05, 4.69) is 4.90 Å². The van der Waals surface area contributed by atoms with Gasteiger partial charge in [0, 0.05) is 31.9 Å². The van der Waals surface area contributed by atoms with Crippen LogP contribution in [0.25, 0.3) is 0 Å². The quantitative estimate of drug-likeness (QED) is 0.853. The molecule has 0 bridgehead atoms. The average molecular weight is 354 g/mol. The Kier molecular flexibility index (Phi) is 5.41. The topological polar surface area (TPSA) is 70.1 Å². The summed E-state index contributed by atoms with van der Waals surface area (Å²) in [6.07, 6.45) is 0. The number of carbonyl (C=O) groups is 2. The lowest BCUT2D eigenvalue weighted by Gasteiger charge is -2.36. The second-order valence-electron chi connectivity index (χ2n) is 6.30. The molecule has 0 spiro atoms. The van der Waals surface area contributed by atoms with E-state index in [1.807, 2.05) is 37.3 Å². The molecule has 6 nitrogen and oxygen atoms in total. The van der Waals surface area contributed by atoms with Crippen LogP contribution in [0.1, 0.15) is 15.9 Å². The highest BCUT2D eigenvalue weighted by molar-refractivity contribution is 5.94. The van der Waals surface area contributed by atoms with E-state index < -0.39 is 5.97 Å². The molecule has 3 rings (SSSR count). The summed E-state index contributed by atoms with van der Waals surface area (Å²) in [5, 5.41) is 9.81. The highest BCUT2D eigenvalue weighted by Crippen LogP contribution is 2.19. The van der Waals surface area contributed by atoms with E-state index in [0.29, 0.717) is 13.1 Å². The van der Waals surface area contributed by atoms with Crippen LogP contribution in [0.5, 0.6) is 5.75 Å². The minimum atomic E-state index is -0.696. The zero-order valence-electron chi connectivity index (χ0n) is 14.7. The molecule has 2 aromatic rings. The maximum Gasteiger partial charge on any atom is 0.342 e. The first kappa shape index (κ1) is 17.8. The van der Waals surface area contributed by atoms with Crippen molar-refractivity contribution in [3.8, 4) is 5.75 Å². The van der Waals surface area contributed by atoms with Crippen LogP contribution in [0.2, 0.25) is 0 Å². The number of piperazine rings is 1. The van der Waals surface area contributed by atoms with Crippen molar-refractivity contribution in [3.05, 3.63) is 59.7 Å². The van der Waals surface area contributed by atoms with Crippen molar-refractivity contribution in [3.63, 3.8) is 0 Å². The number of aryl methyl sites for hydroxylation is 1. The van der Waals surface area contributed by atoms with Gasteiger partial charge in [0.2, 0.25) is 0 Å². The van der Waals surface area contributed by atoms with Gasteiger partial charge in [-0.2, -0.15) is 0 Å². The standard InChI is InChI=1S/C20H22N2O4/c1-15-7-8-17(18(23)13-15)20(25)26-14-19(24)22-11-9-21(10-12-22)16-5-3-2-4-6-16/h2-8,13,23H,9-12,14H2,1H3. The molecule has 0 atom stereocenters. The van der Waals surface area contributed by atoms with Crippen molar-refractivity contribution in [1.82, 2.24) is 4.90 Å². The predicted molar refractivity (Wildman–Crippen MR) is 98.4 cm³/mol. The molecular formula is C20H22N2O4. The molecule has 1 N–H and O–H groups in total. The number of para-hydroxylation sites is 1. The number of phenolic OH excluding ortho intramolecular Hbond substituents is 1. The van der Waals surface area contributed by atoms with Crippen LogP contribution in [0, 0.1) is 6.92 Å². The lowest BCUT2D eigenvalue weighted by molar-refractivity contribution is -0.134. The Bertz CT molecular complexity index is 784. The van der Waals surface area contributed by atoms with Gasteiger partial charge in [-0.15, -0.1) is 0 Å². The third-order valence-corrected chi connectivity index (χ3v) is 4.45. The fourth-order valence-electron chi connectivity index (χ4n) is 2.96. The molecule has 1 aliphatic heterocycles. The molecule has 0 saturated carbocycles. The molecular weight excluding hydrogens is 332 g/mol. The summed E-state index contributed by atoms with van der Waals surface area (Å²) in [7, 11) is 0. The van der Waals surface area contributed by atoms with E-state index in [1.165, 1.54) is 12.1 Å². The van der Waals surface area contributed by atoms with Gasteiger partial charge in [0.05, 0.1) is 0 Å². The molecule has 1 amide bonds. The molecule has 1 heterocycles. The van der Waals surface area contributed by atoms with Gasteiger partial charge in [-0.1, -0.05) is 24.3 Å². The first-order valence-corrected chi connectivity index (χ1v) is 8.59. The van der Waals surface area contributed by atoms with Crippen molar-refractivity contribution >= 4 is 17.6 Å². The Labute approximate surface area is 152 Å². The van der Waals surface area contributed by atoms with Crippen LogP contribution >= 0.6 is 0 Å². The predicted octanol–water partition coefficient (Wildman–Crippen LogP) is 2.21. The van der Waals surface area contributed by atoms with E-state index in [-0.39, 0.29) is 23.8 Å². The normalized spacial score (nSPS) is 14.2. The summed E-state index contributed by atoms with van der Waals surface area (Å²) >= 11 is 0. The molecule has 1 saturated heterocycles. The number of aromatic hydroxyl groups is 1. The number of ether oxygens (including phenoxy) is 1. The Morgan fingerprint density at radius 2 is 1.73 bits per heavy atom. The third-order valence-electron chi connectivity index (χ3n) is 4.45. The Hall–Kier alpha value is -3.02. The summed E-state index contributed by atoms with van der Waals surface area (Å²) in [6, 6.07) is 14.8. The van der Waals surface area contributed by atoms with Gasteiger partial charge in [-0.3, -0.25) is 4.79 Å². The lowest BCUT2D eigenvalue weighted by Crippen LogP contribution is -2.49. The molecule has 136 valence electrons. The van der Waals surface area contributed by atoms with Crippen molar-refractivity contribution in [1.29, 1.82) is 0 Å². The molecule has 2 aromatic carbocycles. The van der Waals surface area contributed by atoms with Gasteiger partial charge < -0.3 is 19.6 Å². The van der Waals surface area contributed by atoms with Gasteiger partial charge in [0.1, 0.15) is 11.3 Å². The number of nitrogens with zero attached hydrogens (tertiary/aromatic N) is 2. The number of hydrogen-bond acceptors (Lipinski definition) is 5. The molecule has 6 heteroatoms. The monoisotopic (exact) mass is 354 g/mol. The number of phenols is 1. The maximum absolute atomic E-state index is 12.3. The highest BCUT2D eigenvalue weighted by atomic mass is 16.5. The van der Waals surface area contributed by atoms with Gasteiger partial charge in [0.15, 0.2) is 6.61 Å². The van der Waals surface area contributed by atoms with Crippen LogP contribution in [0.3, 0.4) is 0 Å². The largest absolute Gasteiger partial charge is 0.507 e. The third kappa shape index (κ3) is 4.14. The van der Waals surface area contributed by atoms with E-state index in [9.17, 15) is 14.7 Å². The SMILES string of the molecule is Cc1ccc(C(=O)OCC(=O)N2CCN(c3ccccc3)CC2)c(O)c1. The average Bonchev–Trinajstić information content (AvgIpc) is 2.66. The zero-order valence-corrected chi connectivity index (χ0v) is 14.7. The van der Waals surface area contributed by atoms with E-state index in [4.69, 9.17) is 4.74 Å². The van der Waals surface area contributed by atoms with Crippen LogP contribution in [0.15, 0.2) is 48.5 Å². The maximum atomic E-state index is 12.3. The lowest BCUT2D eigenvalue weighted by atomic mass is 10.1. The smallest absolute Gasteiger partial charge is 0.342 e. The van der Waals surface area contributed by atoms with Crippen molar-refractivity contribution in [2.75, 3.05) is 37.7 Å². The molecule has 0 aliphatic carbocycles. The van der Waals surface area contributed by atoms with Gasteiger partial charge in [0.25, 0.3) is 5.91 Å². The van der Waals surface area contributed by atoms with E-state index >= 15 is 0 Å². The Morgan fingerprint density at radius 1 is 1.04 bits per heavy atom. The summed E-state index contributed by atoms with van der Waals surface area (Å²) in [5.41, 5.74) is 2.05. The number of benzene rings is 2. The van der Waals surface area contributed by atoms with E-state index in [1.54, 1.807) is 11.0 Å². The van der Waals surface area contributed by atoms with E-state index in [0.717, 1.165) is 24.3 Å². The van der Waals surface area contributed by atoms with Crippen LogP contribution in [-0.2, 0) is 9.53 Å². The second-order valence-corrected chi connectivity index (χ2v) is 6.30. The van der Waals surface area contributed by atoms with Crippen LogP contribution in [0.4, 0.5) is 5.69 Å². The summed E-state index contributed by atoms with van der Waals surface area (Å²) in [6.45, 7) is 4.14. The first-order chi connectivity index (χ1) is 12.5. The minimum absolute atomic E-state index is 0.0669. The number of hydrogen-bond donors (Lipinski definition) is 1.